The van der Waals surface area contributed by atoms with Crippen LogP contribution in [0, 0.1) is 29.6 Å². The summed E-state index contributed by atoms with van der Waals surface area (Å²) in [5.41, 5.74) is 1.99. The second-order valence-electron chi connectivity index (χ2n) is 7.89. The molecule has 0 bridgehead atoms. The number of hydrogen-bond donors (Lipinski definition) is 4. The molecule has 0 heterocycles. The van der Waals surface area contributed by atoms with Gasteiger partial charge < -0.3 is 29.6 Å². The number of hydrogen-bond acceptors (Lipinski definition) is 7. The van der Waals surface area contributed by atoms with Gasteiger partial charge in [0.1, 0.15) is 0 Å². The lowest BCUT2D eigenvalue weighted by Crippen LogP contribution is -2.40. The maximum absolute atomic E-state index is 11.8. The van der Waals surface area contributed by atoms with Crippen LogP contribution in [0.15, 0.2) is 0 Å². The summed E-state index contributed by atoms with van der Waals surface area (Å²) in [6.07, 6.45) is 5.29. The zero-order valence-electron chi connectivity index (χ0n) is 18.9. The van der Waals surface area contributed by atoms with Crippen molar-refractivity contribution < 1.29 is 28.5 Å². The number of hydrazine groups is 1. The first-order valence-corrected chi connectivity index (χ1v) is 11.6. The van der Waals surface area contributed by atoms with Crippen molar-refractivity contribution in [2.45, 2.75) is 38.5 Å². The first kappa shape index (κ1) is 26.2. The van der Waals surface area contributed by atoms with Gasteiger partial charge >= 0.3 is 12.1 Å². The zero-order valence-corrected chi connectivity index (χ0v) is 18.9. The van der Waals surface area contributed by atoms with Crippen molar-refractivity contribution in [1.29, 1.82) is 0 Å². The van der Waals surface area contributed by atoms with E-state index in [0.717, 1.165) is 32.1 Å². The molecule has 0 aromatic rings. The largest absolute Gasteiger partial charge is 0.449 e. The average Bonchev–Trinajstić information content (AvgIpc) is 3.43. The van der Waals surface area contributed by atoms with Gasteiger partial charge in [-0.1, -0.05) is 0 Å². The average molecular weight is 455 g/mol. The van der Waals surface area contributed by atoms with E-state index in [9.17, 15) is 9.59 Å². The molecule has 2 atom stereocenters. The molecule has 1 fully saturated rings. The number of ether oxygens (including phenoxy) is 4. The van der Waals surface area contributed by atoms with Gasteiger partial charge in [-0.3, -0.25) is 5.43 Å². The summed E-state index contributed by atoms with van der Waals surface area (Å²) in [6, 6.07) is -0.406. The fraction of sp³-hybridized carbons (Fsp3) is 0.818. The third-order valence-electron chi connectivity index (χ3n) is 5.61. The highest BCUT2D eigenvalue weighted by Gasteiger charge is 2.49. The van der Waals surface area contributed by atoms with Gasteiger partial charge in [-0.25, -0.2) is 15.4 Å². The number of alkyl carbamates (subject to hydrolysis) is 1. The van der Waals surface area contributed by atoms with Gasteiger partial charge in [-0.2, -0.15) is 0 Å². The van der Waals surface area contributed by atoms with Gasteiger partial charge in [-0.15, -0.1) is 11.8 Å². The Balaban J connectivity index is 1.28. The number of nitrogens with two attached hydrogens (primary N) is 1. The van der Waals surface area contributed by atoms with Gasteiger partial charge in [-0.05, 0) is 43.4 Å². The number of fused-ring (bicyclic) bond motifs is 1. The minimum atomic E-state index is -0.406. The van der Waals surface area contributed by atoms with Crippen LogP contribution in [0.4, 0.5) is 9.59 Å². The lowest BCUT2D eigenvalue weighted by atomic mass is 10.1. The first-order valence-electron chi connectivity index (χ1n) is 11.6. The molecule has 32 heavy (non-hydrogen) atoms. The Kier molecular flexibility index (Phi) is 13.6. The van der Waals surface area contributed by atoms with E-state index >= 15 is 0 Å². The van der Waals surface area contributed by atoms with Crippen LogP contribution in [0.1, 0.15) is 38.5 Å². The molecule has 3 amide bonds. The molecule has 2 unspecified atom stereocenters. The molecule has 5 N–H and O–H groups in total. The topological polar surface area (TPSA) is 133 Å². The van der Waals surface area contributed by atoms with E-state index in [0.29, 0.717) is 83.5 Å². The fourth-order valence-electron chi connectivity index (χ4n) is 3.84. The molecule has 2 aliphatic carbocycles. The molecule has 1 saturated carbocycles. The number of urea groups is 1. The number of carbonyl (C=O) groups excluding carboxylic acids is 2. The Bertz CT molecular complexity index is 591. The molecule has 0 aromatic carbocycles. The van der Waals surface area contributed by atoms with E-state index in [1.807, 2.05) is 5.43 Å². The Hall–Kier alpha value is -2.06. The van der Waals surface area contributed by atoms with E-state index < -0.39 is 6.03 Å². The highest BCUT2D eigenvalue weighted by Crippen LogP contribution is 2.52. The van der Waals surface area contributed by atoms with E-state index in [2.05, 4.69) is 22.5 Å². The van der Waals surface area contributed by atoms with Crippen molar-refractivity contribution in [2.24, 2.45) is 23.6 Å². The Morgan fingerprint density at radius 1 is 0.812 bits per heavy atom. The van der Waals surface area contributed by atoms with E-state index in [4.69, 9.17) is 24.8 Å². The lowest BCUT2D eigenvalue weighted by Gasteiger charge is -2.08. The number of carbonyl (C=O) groups is 2. The molecular weight excluding hydrogens is 416 g/mol. The summed E-state index contributed by atoms with van der Waals surface area (Å²) in [5, 5.41) is 5.34. The van der Waals surface area contributed by atoms with Crippen LogP contribution in [0.25, 0.3) is 0 Å². The standard InChI is InChI=1S/C22H38N4O6/c23-26-21(27)24-9-5-11-29-13-15-31-16-14-30-12-6-10-25-22(28)32-17-20-18-7-3-1-2-4-8-19(18)20/h18-20H,3-17,23H2,(H,25,28)(H2,24,26,27). The van der Waals surface area contributed by atoms with Crippen molar-refractivity contribution >= 4 is 12.1 Å². The van der Waals surface area contributed by atoms with Crippen LogP contribution in [0.3, 0.4) is 0 Å². The molecule has 0 saturated heterocycles. The van der Waals surface area contributed by atoms with Crippen LogP contribution >= 0.6 is 0 Å². The molecule has 0 radical (unpaired) electrons. The molecule has 2 rings (SSSR count). The summed E-state index contributed by atoms with van der Waals surface area (Å²) >= 11 is 0. The second-order valence-corrected chi connectivity index (χ2v) is 7.89. The Labute approximate surface area is 190 Å². The van der Waals surface area contributed by atoms with Gasteiger partial charge in [0.25, 0.3) is 0 Å². The van der Waals surface area contributed by atoms with Crippen LogP contribution in [-0.4, -0.2) is 71.5 Å². The molecule has 2 aliphatic rings. The predicted molar refractivity (Wildman–Crippen MR) is 118 cm³/mol. The van der Waals surface area contributed by atoms with Crippen molar-refractivity contribution in [3.63, 3.8) is 0 Å². The highest BCUT2D eigenvalue weighted by atomic mass is 16.6. The van der Waals surface area contributed by atoms with Gasteiger partial charge in [0.05, 0.1) is 33.0 Å². The first-order chi connectivity index (χ1) is 15.7. The van der Waals surface area contributed by atoms with Crippen molar-refractivity contribution in [1.82, 2.24) is 16.1 Å². The molecule has 10 heteroatoms. The summed E-state index contributed by atoms with van der Waals surface area (Å²) < 4.78 is 21.7. The molecule has 0 aromatic heterocycles. The summed E-state index contributed by atoms with van der Waals surface area (Å²) in [4.78, 5) is 22.6. The summed E-state index contributed by atoms with van der Waals surface area (Å²) in [5.74, 6) is 13.2. The summed E-state index contributed by atoms with van der Waals surface area (Å²) in [7, 11) is 0. The third kappa shape index (κ3) is 11.5. The Morgan fingerprint density at radius 3 is 1.91 bits per heavy atom. The van der Waals surface area contributed by atoms with Gasteiger partial charge in [0.2, 0.25) is 0 Å². The minimum Gasteiger partial charge on any atom is -0.449 e. The van der Waals surface area contributed by atoms with Crippen LogP contribution in [0.2, 0.25) is 0 Å². The number of rotatable bonds is 16. The van der Waals surface area contributed by atoms with E-state index in [1.165, 1.54) is 0 Å². The summed E-state index contributed by atoms with van der Waals surface area (Å²) in [6.45, 7) is 4.60. The van der Waals surface area contributed by atoms with E-state index in [1.54, 1.807) is 0 Å². The number of amides is 3. The van der Waals surface area contributed by atoms with Crippen LogP contribution in [0.5, 0.6) is 0 Å². The Morgan fingerprint density at radius 2 is 1.34 bits per heavy atom. The lowest BCUT2D eigenvalue weighted by molar-refractivity contribution is 0.0139. The maximum Gasteiger partial charge on any atom is 0.407 e. The minimum absolute atomic E-state index is 0.345. The molecule has 182 valence electrons. The normalized spacial score (nSPS) is 21.2. The van der Waals surface area contributed by atoms with Crippen molar-refractivity contribution in [3.8, 4) is 11.8 Å². The maximum atomic E-state index is 11.8. The zero-order chi connectivity index (χ0) is 22.9. The monoisotopic (exact) mass is 454 g/mol. The van der Waals surface area contributed by atoms with E-state index in [-0.39, 0.29) is 6.09 Å². The molecule has 10 nitrogen and oxygen atoms in total. The number of nitrogens with one attached hydrogen (secondary N) is 3. The van der Waals surface area contributed by atoms with Crippen LogP contribution in [-0.2, 0) is 18.9 Å². The quantitative estimate of drug-likeness (QED) is 0.0904. The molecule has 0 spiro atoms. The molecule has 0 aliphatic heterocycles. The predicted octanol–water partition coefficient (Wildman–Crippen LogP) is 1.16. The van der Waals surface area contributed by atoms with Crippen LogP contribution < -0.4 is 21.9 Å². The SMILES string of the molecule is NNC(=O)NCCCOCCOCCOCCCNC(=O)OCC1C2CCC#CCCC21. The van der Waals surface area contributed by atoms with Crippen molar-refractivity contribution in [3.05, 3.63) is 0 Å². The molecular formula is C22H38N4O6. The highest BCUT2D eigenvalue weighted by molar-refractivity contribution is 5.72. The van der Waals surface area contributed by atoms with Gasteiger partial charge in [0, 0.05) is 39.1 Å². The van der Waals surface area contributed by atoms with Gasteiger partial charge in [0.15, 0.2) is 0 Å². The third-order valence-corrected chi connectivity index (χ3v) is 5.61. The second kappa shape index (κ2) is 16.6. The smallest absolute Gasteiger partial charge is 0.407 e. The fourth-order valence-corrected chi connectivity index (χ4v) is 3.84. The van der Waals surface area contributed by atoms with Crippen molar-refractivity contribution in [2.75, 3.05) is 59.3 Å².